The molecule has 4 aromatic rings. The van der Waals surface area contributed by atoms with E-state index in [9.17, 15) is 9.18 Å². The van der Waals surface area contributed by atoms with Crippen molar-refractivity contribution in [3.05, 3.63) is 86.6 Å². The molecule has 0 N–H and O–H groups in total. The Labute approximate surface area is 207 Å². The number of halogens is 1. The van der Waals surface area contributed by atoms with Gasteiger partial charge in [-0.1, -0.05) is 37.3 Å². The summed E-state index contributed by atoms with van der Waals surface area (Å²) in [5, 5.41) is 6.82. The van der Waals surface area contributed by atoms with E-state index in [-0.39, 0.29) is 11.4 Å². The topological polar surface area (TPSA) is 56.6 Å². The summed E-state index contributed by atoms with van der Waals surface area (Å²) in [5.41, 5.74) is 3.83. The third-order valence-corrected chi connectivity index (χ3v) is 7.37. The van der Waals surface area contributed by atoms with Crippen LogP contribution in [0.5, 0.6) is 0 Å². The SMILES string of the molecule is Cc1c(N=c2scc(-c3ccccc3F)n2N=C2CCCC(C)C2)c(=O)n(-c2ccccc2)n1C. The van der Waals surface area contributed by atoms with Gasteiger partial charge in [0.15, 0.2) is 5.69 Å². The van der Waals surface area contributed by atoms with Gasteiger partial charge in [-0.05, 0) is 62.8 Å². The number of aromatic nitrogens is 3. The second-order valence-corrected chi connectivity index (χ2v) is 9.92. The average molecular weight is 490 g/mol. The lowest BCUT2D eigenvalue weighted by molar-refractivity contribution is 0.497. The first kappa shape index (κ1) is 23.2. The predicted octanol–water partition coefficient (Wildman–Crippen LogP) is 5.80. The third kappa shape index (κ3) is 4.46. The summed E-state index contributed by atoms with van der Waals surface area (Å²) >= 11 is 1.36. The van der Waals surface area contributed by atoms with E-state index < -0.39 is 0 Å². The Morgan fingerprint density at radius 2 is 1.83 bits per heavy atom. The van der Waals surface area contributed by atoms with E-state index in [0.29, 0.717) is 27.7 Å². The minimum atomic E-state index is -0.315. The van der Waals surface area contributed by atoms with Crippen molar-refractivity contribution in [2.24, 2.45) is 23.1 Å². The first-order valence-corrected chi connectivity index (χ1v) is 12.7. The van der Waals surface area contributed by atoms with Gasteiger partial charge in [-0.3, -0.25) is 9.48 Å². The van der Waals surface area contributed by atoms with Crippen LogP contribution >= 0.6 is 11.3 Å². The van der Waals surface area contributed by atoms with Crippen LogP contribution in [0.4, 0.5) is 10.1 Å². The molecular formula is C27H28FN5OS. The zero-order chi connectivity index (χ0) is 24.5. The molecule has 6 nitrogen and oxygen atoms in total. The first-order chi connectivity index (χ1) is 16.9. The van der Waals surface area contributed by atoms with Crippen LogP contribution in [-0.2, 0) is 7.05 Å². The highest BCUT2D eigenvalue weighted by Crippen LogP contribution is 2.26. The van der Waals surface area contributed by atoms with E-state index in [1.165, 1.54) is 23.8 Å². The number of benzene rings is 2. The van der Waals surface area contributed by atoms with Gasteiger partial charge in [0.25, 0.3) is 5.56 Å². The Morgan fingerprint density at radius 3 is 2.57 bits per heavy atom. The highest BCUT2D eigenvalue weighted by Gasteiger charge is 2.19. The Kier molecular flexibility index (Phi) is 6.38. The largest absolute Gasteiger partial charge is 0.297 e. The highest BCUT2D eigenvalue weighted by molar-refractivity contribution is 7.07. The van der Waals surface area contributed by atoms with Crippen LogP contribution in [-0.4, -0.2) is 19.8 Å². The molecule has 0 radical (unpaired) electrons. The summed E-state index contributed by atoms with van der Waals surface area (Å²) < 4.78 is 19.9. The van der Waals surface area contributed by atoms with Gasteiger partial charge in [0.1, 0.15) is 5.82 Å². The molecule has 1 atom stereocenters. The normalized spacial score (nSPS) is 17.9. The van der Waals surface area contributed by atoms with Crippen molar-refractivity contribution in [2.45, 2.75) is 39.5 Å². The van der Waals surface area contributed by atoms with Gasteiger partial charge >= 0.3 is 0 Å². The van der Waals surface area contributed by atoms with Crippen LogP contribution in [0, 0.1) is 18.7 Å². The Morgan fingerprint density at radius 1 is 1.09 bits per heavy atom. The van der Waals surface area contributed by atoms with Gasteiger partial charge < -0.3 is 0 Å². The number of hydrogen-bond acceptors (Lipinski definition) is 4. The molecule has 2 aromatic carbocycles. The van der Waals surface area contributed by atoms with Crippen molar-refractivity contribution >= 4 is 22.7 Å². The molecule has 1 fully saturated rings. The Bertz CT molecular complexity index is 1520. The van der Waals surface area contributed by atoms with Crippen LogP contribution in [0.15, 0.2) is 74.9 Å². The molecule has 35 heavy (non-hydrogen) atoms. The van der Waals surface area contributed by atoms with Gasteiger partial charge in [-0.15, -0.1) is 11.3 Å². The zero-order valence-electron chi connectivity index (χ0n) is 20.1. The van der Waals surface area contributed by atoms with E-state index in [1.807, 2.05) is 55.7 Å². The van der Waals surface area contributed by atoms with Crippen LogP contribution in [0.1, 0.15) is 38.3 Å². The number of hydrogen-bond donors (Lipinski definition) is 0. The summed E-state index contributed by atoms with van der Waals surface area (Å²) in [6, 6.07) is 16.2. The second kappa shape index (κ2) is 9.62. The van der Waals surface area contributed by atoms with Crippen LogP contribution in [0.25, 0.3) is 16.9 Å². The number of nitrogens with zero attached hydrogens (tertiary/aromatic N) is 5. The van der Waals surface area contributed by atoms with E-state index in [4.69, 9.17) is 10.1 Å². The lowest BCUT2D eigenvalue weighted by Gasteiger charge is -2.19. The predicted molar refractivity (Wildman–Crippen MR) is 139 cm³/mol. The molecule has 0 saturated heterocycles. The van der Waals surface area contributed by atoms with Crippen LogP contribution in [0.2, 0.25) is 0 Å². The van der Waals surface area contributed by atoms with Gasteiger partial charge in [-0.25, -0.2) is 18.7 Å². The summed E-state index contributed by atoms with van der Waals surface area (Å²) in [6.45, 7) is 4.11. The molecule has 180 valence electrons. The van der Waals surface area contributed by atoms with E-state index in [1.54, 1.807) is 26.2 Å². The standard InChI is InChI=1S/C27H28FN5OS/c1-18-10-9-11-20(16-18)30-32-24(22-14-7-8-15-23(22)28)17-35-27(32)29-25-19(2)31(3)33(26(25)34)21-12-5-4-6-13-21/h4-8,12-15,17-18H,9-11,16H2,1-3H3. The molecule has 1 unspecified atom stereocenters. The van der Waals surface area contributed by atoms with Crippen molar-refractivity contribution in [1.29, 1.82) is 0 Å². The number of thiazole rings is 1. The van der Waals surface area contributed by atoms with Gasteiger partial charge in [0.2, 0.25) is 4.80 Å². The van der Waals surface area contributed by atoms with E-state index in [0.717, 1.165) is 36.4 Å². The molecule has 8 heteroatoms. The molecule has 1 aliphatic rings. The van der Waals surface area contributed by atoms with Gasteiger partial charge in [0.05, 0.1) is 17.1 Å². The maximum absolute atomic E-state index is 14.8. The number of rotatable bonds is 4. The molecule has 0 spiro atoms. The second-order valence-electron chi connectivity index (χ2n) is 9.08. The van der Waals surface area contributed by atoms with Gasteiger partial charge in [0, 0.05) is 23.7 Å². The number of para-hydroxylation sites is 1. The van der Waals surface area contributed by atoms with Gasteiger partial charge in [-0.2, -0.15) is 5.10 Å². The molecule has 2 heterocycles. The smallest absolute Gasteiger partial charge is 0.283 e. The maximum Gasteiger partial charge on any atom is 0.297 e. The lowest BCUT2D eigenvalue weighted by atomic mass is 9.89. The maximum atomic E-state index is 14.8. The first-order valence-electron chi connectivity index (χ1n) is 11.8. The fourth-order valence-corrected chi connectivity index (χ4v) is 5.43. The molecule has 1 aliphatic carbocycles. The van der Waals surface area contributed by atoms with Crippen molar-refractivity contribution in [3.8, 4) is 16.9 Å². The molecule has 0 aliphatic heterocycles. The highest BCUT2D eigenvalue weighted by atomic mass is 32.1. The Balaban J connectivity index is 1.72. The summed E-state index contributed by atoms with van der Waals surface area (Å²) in [7, 11) is 1.85. The van der Waals surface area contributed by atoms with Crippen molar-refractivity contribution in [1.82, 2.24) is 14.0 Å². The average Bonchev–Trinajstić information content (AvgIpc) is 3.33. The molecule has 0 amide bonds. The van der Waals surface area contributed by atoms with Crippen molar-refractivity contribution in [3.63, 3.8) is 0 Å². The van der Waals surface area contributed by atoms with E-state index in [2.05, 4.69) is 6.92 Å². The fourth-order valence-electron chi connectivity index (χ4n) is 4.60. The minimum Gasteiger partial charge on any atom is -0.283 e. The molecule has 2 aromatic heterocycles. The monoisotopic (exact) mass is 489 g/mol. The molecular weight excluding hydrogens is 461 g/mol. The lowest BCUT2D eigenvalue weighted by Crippen LogP contribution is -2.20. The fraction of sp³-hybridized carbons (Fsp3) is 0.296. The third-order valence-electron chi connectivity index (χ3n) is 6.55. The van der Waals surface area contributed by atoms with Crippen LogP contribution < -0.4 is 10.4 Å². The molecule has 0 bridgehead atoms. The van der Waals surface area contributed by atoms with Crippen molar-refractivity contribution in [2.75, 3.05) is 0 Å². The zero-order valence-corrected chi connectivity index (χ0v) is 20.9. The molecule has 5 rings (SSSR count). The Hall–Kier alpha value is -3.52. The van der Waals surface area contributed by atoms with Crippen molar-refractivity contribution < 1.29 is 4.39 Å². The summed E-state index contributed by atoms with van der Waals surface area (Å²) in [4.78, 5) is 18.8. The quantitative estimate of drug-likeness (QED) is 0.357. The van der Waals surface area contributed by atoms with Crippen LogP contribution in [0.3, 0.4) is 0 Å². The summed E-state index contributed by atoms with van der Waals surface area (Å²) in [6.07, 6.45) is 4.09. The summed E-state index contributed by atoms with van der Waals surface area (Å²) in [5.74, 6) is 0.249. The minimum absolute atomic E-state index is 0.206. The van der Waals surface area contributed by atoms with E-state index >= 15 is 0 Å². The molecule has 1 saturated carbocycles.